The molecule has 6 nitrogen and oxygen atoms in total. The van der Waals surface area contributed by atoms with Gasteiger partial charge in [-0.1, -0.05) is 37.2 Å². The zero-order valence-electron chi connectivity index (χ0n) is 13.7. The van der Waals surface area contributed by atoms with Crippen LogP contribution in [0.25, 0.3) is 0 Å². The molecule has 23 heavy (non-hydrogen) atoms. The van der Waals surface area contributed by atoms with Gasteiger partial charge in [0.05, 0.1) is 0 Å². The molecule has 0 spiro atoms. The van der Waals surface area contributed by atoms with Gasteiger partial charge in [-0.05, 0) is 31.9 Å². The SMILES string of the molecule is Cc1noc(C)c1NC(=O)C(NC(=O)c1ccccc1)C(C)C. The fourth-order valence-electron chi connectivity index (χ4n) is 2.21. The fourth-order valence-corrected chi connectivity index (χ4v) is 2.21. The Morgan fingerprint density at radius 1 is 1.13 bits per heavy atom. The van der Waals surface area contributed by atoms with Gasteiger partial charge in [-0.2, -0.15) is 0 Å². The first-order valence-electron chi connectivity index (χ1n) is 7.49. The Morgan fingerprint density at radius 2 is 1.78 bits per heavy atom. The number of hydrogen-bond acceptors (Lipinski definition) is 4. The molecule has 0 fully saturated rings. The Morgan fingerprint density at radius 3 is 2.30 bits per heavy atom. The lowest BCUT2D eigenvalue weighted by Gasteiger charge is -2.21. The van der Waals surface area contributed by atoms with E-state index in [1.807, 2.05) is 19.9 Å². The predicted molar refractivity (Wildman–Crippen MR) is 87.1 cm³/mol. The van der Waals surface area contributed by atoms with Gasteiger partial charge in [-0.3, -0.25) is 9.59 Å². The van der Waals surface area contributed by atoms with E-state index in [1.54, 1.807) is 38.1 Å². The number of carbonyl (C=O) groups excluding carboxylic acids is 2. The third-order valence-corrected chi connectivity index (χ3v) is 3.55. The molecular formula is C17H21N3O3. The molecule has 1 unspecified atom stereocenters. The molecule has 0 aliphatic heterocycles. The molecule has 1 aromatic heterocycles. The van der Waals surface area contributed by atoms with Crippen LogP contribution in [0.15, 0.2) is 34.9 Å². The Bertz CT molecular complexity index is 673. The molecule has 2 rings (SSSR count). The van der Waals surface area contributed by atoms with Crippen LogP contribution in [0.3, 0.4) is 0 Å². The first-order valence-corrected chi connectivity index (χ1v) is 7.49. The van der Waals surface area contributed by atoms with Gasteiger partial charge in [-0.25, -0.2) is 0 Å². The number of nitrogens with zero attached hydrogens (tertiary/aromatic N) is 1. The fraction of sp³-hybridized carbons (Fsp3) is 0.353. The number of aryl methyl sites for hydroxylation is 2. The molecule has 6 heteroatoms. The van der Waals surface area contributed by atoms with E-state index in [-0.39, 0.29) is 17.7 Å². The van der Waals surface area contributed by atoms with Crippen molar-refractivity contribution in [3.05, 3.63) is 47.3 Å². The summed E-state index contributed by atoms with van der Waals surface area (Å²) in [6, 6.07) is 8.15. The zero-order chi connectivity index (χ0) is 17.0. The van der Waals surface area contributed by atoms with E-state index >= 15 is 0 Å². The number of hydrogen-bond donors (Lipinski definition) is 2. The summed E-state index contributed by atoms with van der Waals surface area (Å²) in [4.78, 5) is 24.8. The summed E-state index contributed by atoms with van der Waals surface area (Å²) in [6.45, 7) is 7.23. The van der Waals surface area contributed by atoms with Crippen LogP contribution in [-0.2, 0) is 4.79 Å². The van der Waals surface area contributed by atoms with Crippen LogP contribution in [0.1, 0.15) is 35.7 Å². The Hall–Kier alpha value is -2.63. The average Bonchev–Trinajstić information content (AvgIpc) is 2.84. The molecular weight excluding hydrogens is 294 g/mol. The van der Waals surface area contributed by atoms with E-state index in [1.165, 1.54) is 0 Å². The Balaban J connectivity index is 2.12. The molecule has 2 amide bonds. The summed E-state index contributed by atoms with van der Waals surface area (Å²) in [5.74, 6) is -0.104. The third kappa shape index (κ3) is 3.97. The van der Waals surface area contributed by atoms with Crippen molar-refractivity contribution in [3.8, 4) is 0 Å². The van der Waals surface area contributed by atoms with Crippen molar-refractivity contribution in [1.29, 1.82) is 0 Å². The average molecular weight is 315 g/mol. The monoisotopic (exact) mass is 315 g/mol. The highest BCUT2D eigenvalue weighted by molar-refractivity contribution is 6.01. The largest absolute Gasteiger partial charge is 0.359 e. The van der Waals surface area contributed by atoms with Crippen LogP contribution >= 0.6 is 0 Å². The Labute approximate surface area is 135 Å². The summed E-state index contributed by atoms with van der Waals surface area (Å²) < 4.78 is 5.03. The number of amides is 2. The second-order valence-corrected chi connectivity index (χ2v) is 5.75. The van der Waals surface area contributed by atoms with Gasteiger partial charge < -0.3 is 15.2 Å². The van der Waals surface area contributed by atoms with Crippen LogP contribution in [0, 0.1) is 19.8 Å². The quantitative estimate of drug-likeness (QED) is 0.888. The summed E-state index contributed by atoms with van der Waals surface area (Å²) >= 11 is 0. The van der Waals surface area contributed by atoms with Crippen LogP contribution in [-0.4, -0.2) is 23.0 Å². The van der Waals surface area contributed by atoms with Crippen molar-refractivity contribution < 1.29 is 14.1 Å². The van der Waals surface area contributed by atoms with Crippen LogP contribution < -0.4 is 10.6 Å². The van der Waals surface area contributed by atoms with Gasteiger partial charge >= 0.3 is 0 Å². The van der Waals surface area contributed by atoms with Gasteiger partial charge in [0.1, 0.15) is 17.4 Å². The normalized spacial score (nSPS) is 12.0. The van der Waals surface area contributed by atoms with Gasteiger partial charge in [0.15, 0.2) is 5.76 Å². The van der Waals surface area contributed by atoms with E-state index in [2.05, 4.69) is 15.8 Å². The van der Waals surface area contributed by atoms with Gasteiger partial charge in [-0.15, -0.1) is 0 Å². The van der Waals surface area contributed by atoms with Crippen molar-refractivity contribution in [1.82, 2.24) is 10.5 Å². The van der Waals surface area contributed by atoms with Crippen molar-refractivity contribution >= 4 is 17.5 Å². The summed E-state index contributed by atoms with van der Waals surface area (Å²) in [7, 11) is 0. The second-order valence-electron chi connectivity index (χ2n) is 5.75. The van der Waals surface area contributed by atoms with E-state index in [0.29, 0.717) is 22.7 Å². The van der Waals surface area contributed by atoms with Crippen LogP contribution in [0.5, 0.6) is 0 Å². The maximum atomic E-state index is 12.5. The second kappa shape index (κ2) is 7.09. The number of nitrogens with one attached hydrogen (secondary N) is 2. The van der Waals surface area contributed by atoms with Gasteiger partial charge in [0, 0.05) is 5.56 Å². The summed E-state index contributed by atoms with van der Waals surface area (Å²) in [5, 5.41) is 9.37. The molecule has 0 aliphatic carbocycles. The predicted octanol–water partition coefficient (Wildman–Crippen LogP) is 2.68. The highest BCUT2D eigenvalue weighted by atomic mass is 16.5. The highest BCUT2D eigenvalue weighted by Crippen LogP contribution is 2.19. The van der Waals surface area contributed by atoms with E-state index in [4.69, 9.17) is 4.52 Å². The molecule has 0 radical (unpaired) electrons. The lowest BCUT2D eigenvalue weighted by Crippen LogP contribution is -2.47. The topological polar surface area (TPSA) is 84.2 Å². The zero-order valence-corrected chi connectivity index (χ0v) is 13.7. The first kappa shape index (κ1) is 16.7. The number of rotatable bonds is 5. The number of benzene rings is 1. The van der Waals surface area contributed by atoms with Gasteiger partial charge in [0.2, 0.25) is 5.91 Å². The van der Waals surface area contributed by atoms with E-state index in [0.717, 1.165) is 0 Å². The van der Waals surface area contributed by atoms with Crippen LogP contribution in [0.4, 0.5) is 5.69 Å². The van der Waals surface area contributed by atoms with Crippen molar-refractivity contribution in [2.75, 3.05) is 5.32 Å². The Kier molecular flexibility index (Phi) is 5.16. The molecule has 122 valence electrons. The van der Waals surface area contributed by atoms with E-state index < -0.39 is 6.04 Å². The summed E-state index contributed by atoms with van der Waals surface area (Å²) in [6.07, 6.45) is 0. The molecule has 0 saturated carbocycles. The molecule has 0 aliphatic rings. The number of aromatic nitrogens is 1. The summed E-state index contributed by atoms with van der Waals surface area (Å²) in [5.41, 5.74) is 1.67. The van der Waals surface area contributed by atoms with Crippen molar-refractivity contribution in [3.63, 3.8) is 0 Å². The molecule has 1 heterocycles. The minimum Gasteiger partial charge on any atom is -0.359 e. The number of anilines is 1. The molecule has 1 aromatic carbocycles. The lowest BCUT2D eigenvalue weighted by atomic mass is 10.0. The standard InChI is InChI=1S/C17H21N3O3/c1-10(2)14(18-16(21)13-8-6-5-7-9-13)17(22)19-15-11(3)20-23-12(15)4/h5-10,14H,1-4H3,(H,18,21)(H,19,22). The molecule has 2 N–H and O–H groups in total. The van der Waals surface area contributed by atoms with Crippen molar-refractivity contribution in [2.45, 2.75) is 33.7 Å². The van der Waals surface area contributed by atoms with E-state index in [9.17, 15) is 9.59 Å². The molecule has 1 atom stereocenters. The maximum Gasteiger partial charge on any atom is 0.251 e. The minimum atomic E-state index is -0.656. The smallest absolute Gasteiger partial charge is 0.251 e. The highest BCUT2D eigenvalue weighted by Gasteiger charge is 2.26. The van der Waals surface area contributed by atoms with Crippen molar-refractivity contribution in [2.24, 2.45) is 5.92 Å². The molecule has 2 aromatic rings. The first-order chi connectivity index (χ1) is 10.9. The molecule has 0 saturated heterocycles. The maximum absolute atomic E-state index is 12.5. The van der Waals surface area contributed by atoms with Crippen LogP contribution in [0.2, 0.25) is 0 Å². The third-order valence-electron chi connectivity index (χ3n) is 3.55. The van der Waals surface area contributed by atoms with Gasteiger partial charge in [0.25, 0.3) is 5.91 Å². The number of carbonyl (C=O) groups is 2. The minimum absolute atomic E-state index is 0.0665. The lowest BCUT2D eigenvalue weighted by molar-refractivity contribution is -0.118. The molecule has 0 bridgehead atoms.